The predicted octanol–water partition coefficient (Wildman–Crippen LogP) is 0.992. The molecular weight excluding hydrogens is 242 g/mol. The Hall–Kier alpha value is -1.95. The summed E-state index contributed by atoms with van der Waals surface area (Å²) in [5, 5.41) is 0. The number of carbonyl (C=O) groups excluding carboxylic acids is 3. The average molecular weight is 253 g/mol. The lowest BCUT2D eigenvalue weighted by Gasteiger charge is -1.97. The number of ketones is 1. The highest BCUT2D eigenvalue weighted by molar-refractivity contribution is 7.15. The minimum Gasteiger partial charge on any atom is -0.460 e. The number of thiophene rings is 1. The molecule has 1 rings (SSSR count). The monoisotopic (exact) mass is 253 g/mol. The van der Waals surface area contributed by atoms with Crippen LogP contribution in [0.4, 0.5) is 0 Å². The molecule has 0 aliphatic heterocycles. The largest absolute Gasteiger partial charge is 0.460 e. The van der Waals surface area contributed by atoms with Gasteiger partial charge in [-0.3, -0.25) is 9.59 Å². The average Bonchev–Trinajstić information content (AvgIpc) is 2.74. The summed E-state index contributed by atoms with van der Waals surface area (Å²) in [5.74, 6) is -2.13. The van der Waals surface area contributed by atoms with Crippen molar-refractivity contribution >= 4 is 35.1 Å². The molecule has 2 N–H and O–H groups in total. The van der Waals surface area contributed by atoms with Gasteiger partial charge in [0.1, 0.15) is 0 Å². The third-order valence-corrected chi connectivity index (χ3v) is 2.77. The van der Waals surface area contributed by atoms with Gasteiger partial charge in [0.05, 0.1) is 11.5 Å². The van der Waals surface area contributed by atoms with Gasteiger partial charge in [0.25, 0.3) is 5.78 Å². The second-order valence-electron chi connectivity index (χ2n) is 2.99. The van der Waals surface area contributed by atoms with E-state index in [1.807, 2.05) is 0 Å². The van der Waals surface area contributed by atoms with Crippen molar-refractivity contribution in [3.63, 3.8) is 0 Å². The lowest BCUT2D eigenvalue weighted by Crippen LogP contribution is -2.16. The molecule has 0 saturated heterocycles. The van der Waals surface area contributed by atoms with Crippen LogP contribution in [0.1, 0.15) is 21.5 Å². The molecule has 1 aromatic heterocycles. The molecular formula is C11H11NO4S. The van der Waals surface area contributed by atoms with Crippen molar-refractivity contribution in [1.82, 2.24) is 0 Å². The number of primary amides is 1. The van der Waals surface area contributed by atoms with Crippen molar-refractivity contribution in [2.75, 3.05) is 6.61 Å². The number of esters is 1. The number of nitrogens with two attached hydrogens (primary N) is 1. The Bertz CT molecular complexity index is 476. The molecule has 0 aliphatic rings. The van der Waals surface area contributed by atoms with E-state index in [9.17, 15) is 14.4 Å². The zero-order valence-corrected chi connectivity index (χ0v) is 9.95. The zero-order valence-electron chi connectivity index (χ0n) is 9.14. The lowest BCUT2D eigenvalue weighted by molar-refractivity contribution is -0.137. The fourth-order valence-electron chi connectivity index (χ4n) is 1.03. The normalized spacial score (nSPS) is 10.4. The summed E-state index contributed by atoms with van der Waals surface area (Å²) in [4.78, 5) is 34.1. The van der Waals surface area contributed by atoms with Crippen LogP contribution in [0.25, 0.3) is 6.08 Å². The molecule has 5 nitrogen and oxygen atoms in total. The summed E-state index contributed by atoms with van der Waals surface area (Å²) < 4.78 is 4.59. The van der Waals surface area contributed by atoms with Crippen LogP contribution in [0.15, 0.2) is 18.2 Å². The van der Waals surface area contributed by atoms with E-state index in [1.54, 1.807) is 13.0 Å². The quantitative estimate of drug-likeness (QED) is 0.367. The summed E-state index contributed by atoms with van der Waals surface area (Å²) in [6.45, 7) is 1.78. The van der Waals surface area contributed by atoms with E-state index < -0.39 is 17.7 Å². The van der Waals surface area contributed by atoms with Crippen molar-refractivity contribution in [3.8, 4) is 0 Å². The van der Waals surface area contributed by atoms with Gasteiger partial charge in [0.2, 0.25) is 5.91 Å². The minimum absolute atomic E-state index is 0.157. The fourth-order valence-corrected chi connectivity index (χ4v) is 1.86. The lowest BCUT2D eigenvalue weighted by atomic mass is 10.3. The van der Waals surface area contributed by atoms with E-state index in [4.69, 9.17) is 5.73 Å². The Morgan fingerprint density at radius 1 is 1.41 bits per heavy atom. The van der Waals surface area contributed by atoms with Gasteiger partial charge in [-0.2, -0.15) is 0 Å². The third-order valence-electron chi connectivity index (χ3n) is 1.72. The van der Waals surface area contributed by atoms with Crippen molar-refractivity contribution in [2.24, 2.45) is 5.73 Å². The Labute approximate surface area is 102 Å². The summed E-state index contributed by atoms with van der Waals surface area (Å²) >= 11 is 1.09. The first-order chi connectivity index (χ1) is 8.04. The van der Waals surface area contributed by atoms with Gasteiger partial charge in [-0.15, -0.1) is 11.3 Å². The van der Waals surface area contributed by atoms with E-state index in [0.717, 1.165) is 11.3 Å². The fraction of sp³-hybridized carbons (Fsp3) is 0.182. The molecule has 17 heavy (non-hydrogen) atoms. The number of carbonyl (C=O) groups is 3. The van der Waals surface area contributed by atoms with E-state index >= 15 is 0 Å². The molecule has 0 unspecified atom stereocenters. The highest BCUT2D eigenvalue weighted by atomic mass is 32.1. The van der Waals surface area contributed by atoms with Gasteiger partial charge >= 0.3 is 5.97 Å². The minimum atomic E-state index is -0.875. The molecule has 0 spiro atoms. The first-order valence-electron chi connectivity index (χ1n) is 4.83. The van der Waals surface area contributed by atoms with Crippen LogP contribution in [0, 0.1) is 0 Å². The number of amides is 1. The predicted molar refractivity (Wildman–Crippen MR) is 63.5 cm³/mol. The van der Waals surface area contributed by atoms with Gasteiger partial charge in [0.15, 0.2) is 0 Å². The number of Topliss-reactive ketones (excluding diaryl/α,β-unsaturated/α-hetero) is 1. The third kappa shape index (κ3) is 3.84. The van der Waals surface area contributed by atoms with Gasteiger partial charge in [-0.05, 0) is 25.1 Å². The van der Waals surface area contributed by atoms with Crippen LogP contribution in [0.5, 0.6) is 0 Å². The van der Waals surface area contributed by atoms with Crippen LogP contribution in [-0.2, 0) is 14.3 Å². The molecule has 1 amide bonds. The van der Waals surface area contributed by atoms with E-state index in [0.29, 0.717) is 4.88 Å². The molecule has 6 heteroatoms. The SMILES string of the molecule is CCOC(=O)C(=O)c1ccc(C=CC(N)=O)s1. The molecule has 0 atom stereocenters. The summed E-state index contributed by atoms with van der Waals surface area (Å²) in [6, 6.07) is 3.13. The second-order valence-corrected chi connectivity index (χ2v) is 4.10. The highest BCUT2D eigenvalue weighted by Gasteiger charge is 2.18. The Morgan fingerprint density at radius 3 is 2.71 bits per heavy atom. The van der Waals surface area contributed by atoms with Gasteiger partial charge in [-0.25, -0.2) is 4.79 Å². The first kappa shape index (κ1) is 13.1. The van der Waals surface area contributed by atoms with Gasteiger partial charge in [-0.1, -0.05) is 0 Å². The van der Waals surface area contributed by atoms with Gasteiger partial charge in [0, 0.05) is 11.0 Å². The maximum Gasteiger partial charge on any atom is 0.380 e. The van der Waals surface area contributed by atoms with Crippen LogP contribution in [0.3, 0.4) is 0 Å². The molecule has 0 saturated carbocycles. The first-order valence-corrected chi connectivity index (χ1v) is 5.65. The molecule has 1 aromatic rings. The van der Waals surface area contributed by atoms with Crippen LogP contribution in [-0.4, -0.2) is 24.3 Å². The Balaban J connectivity index is 2.77. The molecule has 0 fully saturated rings. The van der Waals surface area contributed by atoms with Crippen molar-refractivity contribution in [2.45, 2.75) is 6.92 Å². The number of hydrogen-bond acceptors (Lipinski definition) is 5. The maximum atomic E-state index is 11.5. The summed E-state index contributed by atoms with van der Waals surface area (Å²) in [6.07, 6.45) is 2.67. The zero-order chi connectivity index (χ0) is 12.8. The van der Waals surface area contributed by atoms with Crippen molar-refractivity contribution < 1.29 is 19.1 Å². The number of hydrogen-bond donors (Lipinski definition) is 1. The topological polar surface area (TPSA) is 86.5 Å². The molecule has 90 valence electrons. The van der Waals surface area contributed by atoms with Crippen LogP contribution < -0.4 is 5.73 Å². The molecule has 0 aliphatic carbocycles. The molecule has 0 aromatic carbocycles. The molecule has 0 radical (unpaired) electrons. The second kappa shape index (κ2) is 5.95. The highest BCUT2D eigenvalue weighted by Crippen LogP contribution is 2.18. The van der Waals surface area contributed by atoms with Crippen LogP contribution in [0.2, 0.25) is 0 Å². The smallest absolute Gasteiger partial charge is 0.380 e. The van der Waals surface area contributed by atoms with E-state index in [1.165, 1.54) is 18.2 Å². The Morgan fingerprint density at radius 2 is 2.12 bits per heavy atom. The number of rotatable bonds is 5. The van der Waals surface area contributed by atoms with E-state index in [-0.39, 0.29) is 11.5 Å². The summed E-state index contributed by atoms with van der Waals surface area (Å²) in [7, 11) is 0. The maximum absolute atomic E-state index is 11.5. The van der Waals surface area contributed by atoms with Crippen LogP contribution >= 0.6 is 11.3 Å². The van der Waals surface area contributed by atoms with Crippen molar-refractivity contribution in [3.05, 3.63) is 28.0 Å². The van der Waals surface area contributed by atoms with Crippen molar-refractivity contribution in [1.29, 1.82) is 0 Å². The summed E-state index contributed by atoms with van der Waals surface area (Å²) in [5.41, 5.74) is 4.93. The number of ether oxygens (including phenoxy) is 1. The van der Waals surface area contributed by atoms with Gasteiger partial charge < -0.3 is 10.5 Å². The Kier molecular flexibility index (Phi) is 4.59. The standard InChI is InChI=1S/C11H11NO4S/c1-2-16-11(15)10(14)8-5-3-7(17-8)4-6-9(12)13/h3-6H,2H2,1H3,(H2,12,13). The molecule has 0 bridgehead atoms. The van der Waals surface area contributed by atoms with E-state index in [2.05, 4.69) is 4.74 Å². The molecule has 1 heterocycles.